The first-order chi connectivity index (χ1) is 23.3. The summed E-state index contributed by atoms with van der Waals surface area (Å²) >= 11 is 0. The lowest BCUT2D eigenvalue weighted by Crippen LogP contribution is -2.50. The van der Waals surface area contributed by atoms with Gasteiger partial charge < -0.3 is 41.8 Å². The van der Waals surface area contributed by atoms with E-state index in [0.717, 1.165) is 70.4 Å². The lowest BCUT2D eigenvalue weighted by atomic mass is 10.1. The fraction of sp³-hybridized carbons (Fsp3) is 0.444. The topological polar surface area (TPSA) is 165 Å². The Morgan fingerprint density at radius 3 is 1.77 bits per heavy atom. The summed E-state index contributed by atoms with van der Waals surface area (Å²) < 4.78 is 10.9. The minimum absolute atomic E-state index is 0.139. The van der Waals surface area contributed by atoms with Gasteiger partial charge in [0.2, 0.25) is 5.91 Å². The second kappa shape index (κ2) is 18.5. The Kier molecular flexibility index (Phi) is 13.9. The molecule has 7 N–H and O–H groups in total. The summed E-state index contributed by atoms with van der Waals surface area (Å²) in [5, 5.41) is 17.8. The van der Waals surface area contributed by atoms with Crippen LogP contribution in [0.2, 0.25) is 0 Å². The van der Waals surface area contributed by atoms with Crippen molar-refractivity contribution in [1.29, 1.82) is 0 Å². The van der Waals surface area contributed by atoms with E-state index in [1.807, 2.05) is 48.5 Å². The second-order valence-corrected chi connectivity index (χ2v) is 12.1. The normalized spacial score (nSPS) is 12.9. The molecule has 0 saturated heterocycles. The number of rotatable bonds is 19. The SMILES string of the molecule is COc1cc(NC(C)CCCNC(=O)N[C@H](CCCN)C(=O)NCCCC(C)Nc2cc(OC)cc3cccnc23)c2ncccc2c1. The average Bonchev–Trinajstić information content (AvgIpc) is 3.10. The molecule has 12 heteroatoms. The molecule has 2 aromatic carbocycles. The lowest BCUT2D eigenvalue weighted by molar-refractivity contribution is -0.123. The van der Waals surface area contributed by atoms with Crippen LogP contribution in [0, 0.1) is 0 Å². The number of aromatic nitrogens is 2. The van der Waals surface area contributed by atoms with Crippen LogP contribution in [0.5, 0.6) is 11.5 Å². The summed E-state index contributed by atoms with van der Waals surface area (Å²) in [6.45, 7) is 5.60. The molecule has 0 fully saturated rings. The zero-order valence-corrected chi connectivity index (χ0v) is 28.5. The van der Waals surface area contributed by atoms with Crippen LogP contribution in [0.4, 0.5) is 16.2 Å². The third-order valence-electron chi connectivity index (χ3n) is 8.16. The highest BCUT2D eigenvalue weighted by molar-refractivity contribution is 5.93. The number of methoxy groups -OCH3 is 2. The number of pyridine rings is 2. The van der Waals surface area contributed by atoms with Gasteiger partial charge in [0.15, 0.2) is 0 Å². The number of carbonyl (C=O) groups excluding carboxylic acids is 2. The van der Waals surface area contributed by atoms with Crippen molar-refractivity contribution in [2.75, 3.05) is 44.5 Å². The van der Waals surface area contributed by atoms with Gasteiger partial charge in [-0.05, 0) is 83.2 Å². The van der Waals surface area contributed by atoms with Crippen LogP contribution in [-0.2, 0) is 4.79 Å². The number of nitrogens with zero attached hydrogens (tertiary/aromatic N) is 2. The molecule has 4 aromatic rings. The number of hydrogen-bond donors (Lipinski definition) is 6. The van der Waals surface area contributed by atoms with Crippen molar-refractivity contribution in [2.45, 2.75) is 70.5 Å². The van der Waals surface area contributed by atoms with Gasteiger partial charge in [-0.2, -0.15) is 0 Å². The number of nitrogens with one attached hydrogen (secondary N) is 5. The molecule has 258 valence electrons. The van der Waals surface area contributed by atoms with Crippen LogP contribution in [0.25, 0.3) is 21.8 Å². The number of ether oxygens (including phenoxy) is 2. The number of urea groups is 1. The fourth-order valence-corrected chi connectivity index (χ4v) is 5.61. The van der Waals surface area contributed by atoms with Crippen LogP contribution in [0.3, 0.4) is 0 Å². The van der Waals surface area contributed by atoms with Gasteiger partial charge in [-0.1, -0.05) is 12.1 Å². The first-order valence-electron chi connectivity index (χ1n) is 16.7. The number of nitrogens with two attached hydrogens (primary N) is 1. The second-order valence-electron chi connectivity index (χ2n) is 12.1. The van der Waals surface area contributed by atoms with Gasteiger partial charge >= 0.3 is 6.03 Å². The Morgan fingerprint density at radius 1 is 0.750 bits per heavy atom. The number of benzene rings is 2. The molecule has 0 aliphatic heterocycles. The van der Waals surface area contributed by atoms with E-state index in [1.165, 1.54) is 0 Å². The standard InChI is InChI=1S/C36H50N8O4/c1-24(42-31-22-28(47-3)20-26-12-8-16-38-33(26)31)10-6-18-40-35(45)30(14-5-15-37)44-36(46)41-19-7-11-25(2)43-32-23-29(48-4)21-27-13-9-17-39-34(27)32/h8-9,12-13,16-17,20-25,30,42-43H,5-7,10-11,14-15,18-19,37H2,1-4H3,(H,40,45)(H2,41,44,46)/t24?,25?,30-/m1/s1. The van der Waals surface area contributed by atoms with Gasteiger partial charge in [-0.3, -0.25) is 14.8 Å². The highest BCUT2D eigenvalue weighted by Crippen LogP contribution is 2.29. The third kappa shape index (κ3) is 10.6. The lowest BCUT2D eigenvalue weighted by Gasteiger charge is -2.20. The zero-order chi connectivity index (χ0) is 34.3. The van der Waals surface area contributed by atoms with E-state index in [4.69, 9.17) is 15.2 Å². The van der Waals surface area contributed by atoms with Crippen LogP contribution in [0.1, 0.15) is 52.4 Å². The van der Waals surface area contributed by atoms with Crippen molar-refractivity contribution in [3.05, 3.63) is 60.9 Å². The van der Waals surface area contributed by atoms with Gasteiger partial charge in [0, 0.05) is 60.5 Å². The zero-order valence-electron chi connectivity index (χ0n) is 28.5. The Bertz CT molecular complexity index is 1630. The minimum Gasteiger partial charge on any atom is -0.497 e. The largest absolute Gasteiger partial charge is 0.497 e. The predicted octanol–water partition coefficient (Wildman–Crippen LogP) is 5.18. The van der Waals surface area contributed by atoms with Crippen LogP contribution in [-0.4, -0.2) is 73.9 Å². The molecule has 2 unspecified atom stereocenters. The van der Waals surface area contributed by atoms with Crippen molar-refractivity contribution in [2.24, 2.45) is 5.73 Å². The first-order valence-corrected chi connectivity index (χ1v) is 16.7. The number of amides is 3. The summed E-state index contributed by atoms with van der Waals surface area (Å²) in [5.41, 5.74) is 9.30. The number of carbonyl (C=O) groups is 2. The quantitative estimate of drug-likeness (QED) is 0.0745. The molecule has 0 saturated carbocycles. The number of fused-ring (bicyclic) bond motifs is 2. The van der Waals surface area contributed by atoms with Crippen molar-refractivity contribution < 1.29 is 19.1 Å². The minimum atomic E-state index is -0.659. The Hall–Kier alpha value is -4.84. The molecule has 2 heterocycles. The molecule has 0 bridgehead atoms. The molecule has 12 nitrogen and oxygen atoms in total. The summed E-state index contributed by atoms with van der Waals surface area (Å²) in [4.78, 5) is 34.8. The van der Waals surface area contributed by atoms with E-state index in [0.29, 0.717) is 32.5 Å². The summed E-state index contributed by atoms with van der Waals surface area (Å²) in [7, 11) is 3.30. The van der Waals surface area contributed by atoms with Crippen molar-refractivity contribution in [3.8, 4) is 11.5 Å². The van der Waals surface area contributed by atoms with Crippen LogP contribution >= 0.6 is 0 Å². The van der Waals surface area contributed by atoms with Crippen molar-refractivity contribution in [3.63, 3.8) is 0 Å². The molecule has 3 atom stereocenters. The summed E-state index contributed by atoms with van der Waals surface area (Å²) in [5.74, 6) is 1.32. The monoisotopic (exact) mass is 658 g/mol. The van der Waals surface area contributed by atoms with Gasteiger partial charge in [0.05, 0.1) is 36.6 Å². The molecular formula is C36H50N8O4. The molecular weight excluding hydrogens is 608 g/mol. The Morgan fingerprint density at radius 2 is 1.27 bits per heavy atom. The highest BCUT2D eigenvalue weighted by atomic mass is 16.5. The van der Waals surface area contributed by atoms with E-state index >= 15 is 0 Å². The number of anilines is 2. The molecule has 2 aromatic heterocycles. The molecule has 4 rings (SSSR count). The Balaban J connectivity index is 1.17. The van der Waals surface area contributed by atoms with Crippen LogP contribution < -0.4 is 41.8 Å². The van der Waals surface area contributed by atoms with E-state index < -0.39 is 6.04 Å². The van der Waals surface area contributed by atoms with Gasteiger partial charge in [-0.15, -0.1) is 0 Å². The van der Waals surface area contributed by atoms with E-state index in [-0.39, 0.29) is 24.0 Å². The average molecular weight is 659 g/mol. The molecule has 48 heavy (non-hydrogen) atoms. The maximum absolute atomic E-state index is 13.0. The van der Waals surface area contributed by atoms with E-state index in [9.17, 15) is 9.59 Å². The summed E-state index contributed by atoms with van der Waals surface area (Å²) in [6, 6.07) is 14.9. The fourth-order valence-electron chi connectivity index (χ4n) is 5.61. The molecule has 0 spiro atoms. The maximum Gasteiger partial charge on any atom is 0.315 e. The van der Waals surface area contributed by atoms with Crippen LogP contribution in [0.15, 0.2) is 60.9 Å². The van der Waals surface area contributed by atoms with E-state index in [2.05, 4.69) is 50.4 Å². The Labute approximate surface area is 282 Å². The van der Waals surface area contributed by atoms with Gasteiger partial charge in [0.1, 0.15) is 17.5 Å². The molecule has 0 aliphatic carbocycles. The van der Waals surface area contributed by atoms with Crippen molar-refractivity contribution >= 4 is 45.1 Å². The highest BCUT2D eigenvalue weighted by Gasteiger charge is 2.20. The van der Waals surface area contributed by atoms with Gasteiger partial charge in [-0.25, -0.2) is 4.79 Å². The molecule has 3 amide bonds. The maximum atomic E-state index is 13.0. The van der Waals surface area contributed by atoms with Gasteiger partial charge in [0.25, 0.3) is 0 Å². The molecule has 0 radical (unpaired) electrons. The third-order valence-corrected chi connectivity index (χ3v) is 8.16. The first kappa shape index (κ1) is 36.0. The van der Waals surface area contributed by atoms with Crippen molar-refractivity contribution in [1.82, 2.24) is 25.9 Å². The molecule has 0 aliphatic rings. The predicted molar refractivity (Wildman–Crippen MR) is 193 cm³/mol. The smallest absolute Gasteiger partial charge is 0.315 e. The summed E-state index contributed by atoms with van der Waals surface area (Å²) in [6.07, 6.45) is 7.80. The van der Waals surface area contributed by atoms with E-state index in [1.54, 1.807) is 26.6 Å². The number of hydrogen-bond acceptors (Lipinski definition) is 9.